The first-order chi connectivity index (χ1) is 13.3. The standard InChI is InChI=1S/C22H35N5O/c1-8-23-22(24-14-17(4)28-20-11-9-15(2)10-12-20)25-16(3)13-21-18(5)26-27(7)19(21)6/h9-12,16-17H,8,13-14H2,1-7H3,(H2,23,24,25). The van der Waals surface area contributed by atoms with Crippen molar-refractivity contribution in [3.63, 3.8) is 0 Å². The predicted molar refractivity (Wildman–Crippen MR) is 116 cm³/mol. The van der Waals surface area contributed by atoms with Crippen molar-refractivity contribution >= 4 is 5.96 Å². The number of aromatic nitrogens is 2. The van der Waals surface area contributed by atoms with Crippen LogP contribution in [0, 0.1) is 20.8 Å². The van der Waals surface area contributed by atoms with Crippen molar-refractivity contribution in [1.29, 1.82) is 0 Å². The molecule has 0 amide bonds. The molecule has 0 saturated heterocycles. The first-order valence-corrected chi connectivity index (χ1v) is 10.1. The fraction of sp³-hybridized carbons (Fsp3) is 0.545. The molecular weight excluding hydrogens is 350 g/mol. The second kappa shape index (κ2) is 10.2. The minimum Gasteiger partial charge on any atom is -0.489 e. The van der Waals surface area contributed by atoms with E-state index in [0.29, 0.717) is 6.54 Å². The van der Waals surface area contributed by atoms with E-state index in [4.69, 9.17) is 9.73 Å². The summed E-state index contributed by atoms with van der Waals surface area (Å²) >= 11 is 0. The Kier molecular flexibility index (Phi) is 7.91. The van der Waals surface area contributed by atoms with E-state index in [1.165, 1.54) is 16.8 Å². The molecule has 0 fully saturated rings. The molecule has 0 aliphatic heterocycles. The number of aliphatic imine (C=N–C) groups is 1. The Morgan fingerprint density at radius 3 is 2.43 bits per heavy atom. The number of rotatable bonds is 8. The lowest BCUT2D eigenvalue weighted by Gasteiger charge is -2.19. The number of benzene rings is 1. The van der Waals surface area contributed by atoms with Gasteiger partial charge in [-0.05, 0) is 65.7 Å². The van der Waals surface area contributed by atoms with Crippen LogP contribution in [0.25, 0.3) is 0 Å². The van der Waals surface area contributed by atoms with Crippen LogP contribution in [0.2, 0.25) is 0 Å². The van der Waals surface area contributed by atoms with Gasteiger partial charge in [0, 0.05) is 25.3 Å². The third-order valence-electron chi connectivity index (χ3n) is 4.76. The zero-order chi connectivity index (χ0) is 20.7. The molecule has 2 rings (SSSR count). The molecule has 2 unspecified atom stereocenters. The summed E-state index contributed by atoms with van der Waals surface area (Å²) in [4.78, 5) is 4.71. The van der Waals surface area contributed by atoms with E-state index in [2.05, 4.69) is 62.5 Å². The van der Waals surface area contributed by atoms with Gasteiger partial charge in [-0.1, -0.05) is 17.7 Å². The van der Waals surface area contributed by atoms with E-state index < -0.39 is 0 Å². The summed E-state index contributed by atoms with van der Waals surface area (Å²) in [6.45, 7) is 13.9. The van der Waals surface area contributed by atoms with Gasteiger partial charge in [0.25, 0.3) is 0 Å². The predicted octanol–water partition coefficient (Wildman–Crippen LogP) is 3.30. The van der Waals surface area contributed by atoms with Gasteiger partial charge in [0.2, 0.25) is 0 Å². The summed E-state index contributed by atoms with van der Waals surface area (Å²) in [6.07, 6.45) is 0.905. The number of hydrogen-bond acceptors (Lipinski definition) is 3. The highest BCUT2D eigenvalue weighted by Crippen LogP contribution is 2.15. The van der Waals surface area contributed by atoms with E-state index in [1.807, 2.05) is 30.8 Å². The summed E-state index contributed by atoms with van der Waals surface area (Å²) in [5.74, 6) is 1.69. The normalized spacial score (nSPS) is 13.9. The van der Waals surface area contributed by atoms with Crippen LogP contribution in [0.1, 0.15) is 43.3 Å². The average Bonchev–Trinajstić information content (AvgIpc) is 2.88. The van der Waals surface area contributed by atoms with Crippen LogP contribution in [0.4, 0.5) is 0 Å². The maximum Gasteiger partial charge on any atom is 0.191 e. The molecule has 2 N–H and O–H groups in total. The monoisotopic (exact) mass is 385 g/mol. The van der Waals surface area contributed by atoms with E-state index in [0.717, 1.165) is 30.4 Å². The van der Waals surface area contributed by atoms with Crippen molar-refractivity contribution in [2.75, 3.05) is 13.1 Å². The molecule has 6 nitrogen and oxygen atoms in total. The number of nitrogens with zero attached hydrogens (tertiary/aromatic N) is 3. The molecule has 0 aliphatic carbocycles. The van der Waals surface area contributed by atoms with Gasteiger partial charge in [-0.25, -0.2) is 4.99 Å². The van der Waals surface area contributed by atoms with Crippen LogP contribution in [0.5, 0.6) is 5.75 Å². The molecule has 0 bridgehead atoms. The number of hydrogen-bond donors (Lipinski definition) is 2. The van der Waals surface area contributed by atoms with E-state index in [9.17, 15) is 0 Å². The fourth-order valence-corrected chi connectivity index (χ4v) is 3.13. The van der Waals surface area contributed by atoms with Crippen LogP contribution in [0.3, 0.4) is 0 Å². The highest BCUT2D eigenvalue weighted by atomic mass is 16.5. The van der Waals surface area contributed by atoms with Gasteiger partial charge in [-0.3, -0.25) is 4.68 Å². The van der Waals surface area contributed by atoms with Gasteiger partial charge in [-0.15, -0.1) is 0 Å². The second-order valence-electron chi connectivity index (χ2n) is 7.48. The van der Waals surface area contributed by atoms with E-state index >= 15 is 0 Å². The lowest BCUT2D eigenvalue weighted by molar-refractivity contribution is 0.230. The Balaban J connectivity index is 1.94. The van der Waals surface area contributed by atoms with Gasteiger partial charge >= 0.3 is 0 Å². The molecule has 1 heterocycles. The minimum atomic E-state index is -0.00344. The summed E-state index contributed by atoms with van der Waals surface area (Å²) in [6, 6.07) is 8.36. The van der Waals surface area contributed by atoms with E-state index in [-0.39, 0.29) is 12.1 Å². The van der Waals surface area contributed by atoms with Gasteiger partial charge in [0.05, 0.1) is 12.2 Å². The van der Waals surface area contributed by atoms with Crippen molar-refractivity contribution in [3.8, 4) is 5.75 Å². The quantitative estimate of drug-likeness (QED) is 0.541. The van der Waals surface area contributed by atoms with Crippen molar-refractivity contribution in [2.45, 2.75) is 60.1 Å². The molecule has 1 aromatic carbocycles. The van der Waals surface area contributed by atoms with Gasteiger partial charge in [0.1, 0.15) is 11.9 Å². The summed E-state index contributed by atoms with van der Waals surface area (Å²) in [7, 11) is 1.99. The minimum absolute atomic E-state index is 0.00344. The first kappa shape index (κ1) is 21.8. The largest absolute Gasteiger partial charge is 0.489 e. The molecule has 154 valence electrons. The first-order valence-electron chi connectivity index (χ1n) is 10.1. The molecule has 0 saturated carbocycles. The summed E-state index contributed by atoms with van der Waals surface area (Å²) in [5, 5.41) is 11.3. The molecule has 6 heteroatoms. The Hall–Kier alpha value is -2.50. The lowest BCUT2D eigenvalue weighted by atomic mass is 10.1. The topological polar surface area (TPSA) is 63.5 Å². The number of nitrogens with one attached hydrogen (secondary N) is 2. The Morgan fingerprint density at radius 2 is 1.86 bits per heavy atom. The van der Waals surface area contributed by atoms with Crippen LogP contribution >= 0.6 is 0 Å². The third kappa shape index (κ3) is 6.29. The van der Waals surface area contributed by atoms with Crippen molar-refractivity contribution < 1.29 is 4.74 Å². The van der Waals surface area contributed by atoms with Crippen molar-refractivity contribution in [1.82, 2.24) is 20.4 Å². The van der Waals surface area contributed by atoms with Crippen LogP contribution in [-0.2, 0) is 13.5 Å². The molecule has 0 radical (unpaired) electrons. The lowest BCUT2D eigenvalue weighted by Crippen LogP contribution is -2.43. The molecule has 0 aliphatic rings. The van der Waals surface area contributed by atoms with Crippen molar-refractivity contribution in [3.05, 3.63) is 46.8 Å². The molecule has 0 spiro atoms. The Bertz CT molecular complexity index is 779. The maximum atomic E-state index is 5.96. The van der Waals surface area contributed by atoms with Crippen LogP contribution < -0.4 is 15.4 Å². The molecule has 2 aromatic rings. The van der Waals surface area contributed by atoms with E-state index in [1.54, 1.807) is 0 Å². The Labute approximate surface area is 169 Å². The zero-order valence-corrected chi connectivity index (χ0v) is 18.3. The Morgan fingerprint density at radius 1 is 1.18 bits per heavy atom. The fourth-order valence-electron chi connectivity index (χ4n) is 3.13. The maximum absolute atomic E-state index is 5.96. The van der Waals surface area contributed by atoms with Gasteiger partial charge in [0.15, 0.2) is 5.96 Å². The van der Waals surface area contributed by atoms with Gasteiger partial charge in [-0.2, -0.15) is 5.10 Å². The second-order valence-corrected chi connectivity index (χ2v) is 7.48. The van der Waals surface area contributed by atoms with Crippen LogP contribution in [0.15, 0.2) is 29.3 Å². The number of ether oxygens (including phenoxy) is 1. The smallest absolute Gasteiger partial charge is 0.191 e. The molecule has 2 atom stereocenters. The highest BCUT2D eigenvalue weighted by molar-refractivity contribution is 5.80. The molecule has 1 aromatic heterocycles. The summed E-state index contributed by atoms with van der Waals surface area (Å²) in [5.41, 5.74) is 4.84. The highest BCUT2D eigenvalue weighted by Gasteiger charge is 2.14. The van der Waals surface area contributed by atoms with Crippen molar-refractivity contribution in [2.24, 2.45) is 12.0 Å². The average molecular weight is 386 g/mol. The third-order valence-corrected chi connectivity index (χ3v) is 4.76. The number of guanidine groups is 1. The zero-order valence-electron chi connectivity index (χ0n) is 18.3. The van der Waals surface area contributed by atoms with Gasteiger partial charge < -0.3 is 15.4 Å². The molecular formula is C22H35N5O. The number of aryl methyl sites for hydroxylation is 3. The SMILES string of the molecule is CCNC(=NCC(C)Oc1ccc(C)cc1)NC(C)Cc1c(C)nn(C)c1C. The van der Waals surface area contributed by atoms with Crippen LogP contribution in [-0.4, -0.2) is 41.0 Å². The summed E-state index contributed by atoms with van der Waals surface area (Å²) < 4.78 is 7.90. The molecule has 28 heavy (non-hydrogen) atoms.